The summed E-state index contributed by atoms with van der Waals surface area (Å²) in [6, 6.07) is 0. The summed E-state index contributed by atoms with van der Waals surface area (Å²) in [5.74, 6) is 0.0877. The molecule has 1 unspecified atom stereocenters. The van der Waals surface area contributed by atoms with Gasteiger partial charge in [0.1, 0.15) is 5.78 Å². The van der Waals surface area contributed by atoms with Crippen LogP contribution in [-0.2, 0) is 4.79 Å². The van der Waals surface area contributed by atoms with Gasteiger partial charge in [-0.05, 0) is 6.92 Å². The van der Waals surface area contributed by atoms with Gasteiger partial charge in [-0.1, -0.05) is 13.8 Å². The SMILES string of the molecule is CCC(=O)C(C)CN(CC)N=O. The minimum absolute atomic E-state index is 0.0901. The Morgan fingerprint density at radius 1 is 1.50 bits per heavy atom. The molecule has 0 spiro atoms. The number of ketones is 1. The molecular formula is C8H16N2O2. The number of nitroso groups, excluding NO2 is 1. The predicted octanol–water partition coefficient (Wildman–Crippen LogP) is 1.60. The van der Waals surface area contributed by atoms with Crippen molar-refractivity contribution < 1.29 is 4.79 Å². The Labute approximate surface area is 72.9 Å². The van der Waals surface area contributed by atoms with Gasteiger partial charge in [0.2, 0.25) is 0 Å². The van der Waals surface area contributed by atoms with Crippen molar-refractivity contribution in [3.63, 3.8) is 0 Å². The van der Waals surface area contributed by atoms with E-state index in [-0.39, 0.29) is 11.7 Å². The number of rotatable bonds is 6. The van der Waals surface area contributed by atoms with E-state index in [9.17, 15) is 9.70 Å². The first kappa shape index (κ1) is 11.1. The number of carbonyl (C=O) groups is 1. The quantitative estimate of drug-likeness (QED) is 0.451. The van der Waals surface area contributed by atoms with Gasteiger partial charge in [0.25, 0.3) is 0 Å². The molecule has 0 saturated heterocycles. The fourth-order valence-corrected chi connectivity index (χ4v) is 0.987. The minimum atomic E-state index is -0.0901. The number of nitrogens with zero attached hydrogens (tertiary/aromatic N) is 2. The van der Waals surface area contributed by atoms with E-state index < -0.39 is 0 Å². The molecule has 1 atom stereocenters. The molecule has 0 aliphatic carbocycles. The summed E-state index contributed by atoms with van der Waals surface area (Å²) < 4.78 is 0. The van der Waals surface area contributed by atoms with Crippen LogP contribution in [0.3, 0.4) is 0 Å². The lowest BCUT2D eigenvalue weighted by atomic mass is 10.0. The molecule has 0 rings (SSSR count). The van der Waals surface area contributed by atoms with E-state index in [2.05, 4.69) is 5.29 Å². The van der Waals surface area contributed by atoms with Gasteiger partial charge in [-0.15, -0.1) is 4.91 Å². The van der Waals surface area contributed by atoms with Gasteiger partial charge in [0.05, 0.1) is 5.29 Å². The Hall–Kier alpha value is -0.930. The van der Waals surface area contributed by atoms with Crippen LogP contribution in [-0.4, -0.2) is 23.9 Å². The first-order valence-electron chi connectivity index (χ1n) is 4.26. The fraction of sp³-hybridized carbons (Fsp3) is 0.875. The van der Waals surface area contributed by atoms with Gasteiger partial charge in [-0.25, -0.2) is 0 Å². The monoisotopic (exact) mass is 172 g/mol. The Balaban J connectivity index is 3.88. The summed E-state index contributed by atoms with van der Waals surface area (Å²) in [6.45, 7) is 6.48. The highest BCUT2D eigenvalue weighted by Gasteiger charge is 2.13. The maximum absolute atomic E-state index is 11.1. The molecule has 0 aromatic rings. The summed E-state index contributed by atoms with van der Waals surface area (Å²) >= 11 is 0. The zero-order valence-electron chi connectivity index (χ0n) is 7.91. The second kappa shape index (κ2) is 5.69. The van der Waals surface area contributed by atoms with Crippen LogP contribution >= 0.6 is 0 Å². The Kier molecular flexibility index (Phi) is 5.25. The lowest BCUT2D eigenvalue weighted by Gasteiger charge is -2.16. The Morgan fingerprint density at radius 3 is 2.42 bits per heavy atom. The lowest BCUT2D eigenvalue weighted by Crippen LogP contribution is -2.27. The van der Waals surface area contributed by atoms with E-state index in [1.807, 2.05) is 20.8 Å². The second-order valence-corrected chi connectivity index (χ2v) is 2.81. The van der Waals surface area contributed by atoms with E-state index in [1.165, 1.54) is 5.01 Å². The smallest absolute Gasteiger partial charge is 0.137 e. The number of Topliss-reactive ketones (excluding diaryl/α,β-unsaturated/α-hetero) is 1. The van der Waals surface area contributed by atoms with Crippen LogP contribution in [0, 0.1) is 10.8 Å². The minimum Gasteiger partial charge on any atom is -0.299 e. The lowest BCUT2D eigenvalue weighted by molar-refractivity contribution is -0.122. The molecule has 0 aromatic heterocycles. The zero-order chi connectivity index (χ0) is 9.56. The molecule has 4 heteroatoms. The van der Waals surface area contributed by atoms with Crippen LogP contribution in [0.15, 0.2) is 5.29 Å². The third-order valence-corrected chi connectivity index (χ3v) is 1.86. The molecule has 0 amide bonds. The number of carbonyl (C=O) groups excluding carboxylic acids is 1. The summed E-state index contributed by atoms with van der Waals surface area (Å²) in [7, 11) is 0. The first-order valence-corrected chi connectivity index (χ1v) is 4.26. The maximum Gasteiger partial charge on any atom is 0.137 e. The fourth-order valence-electron chi connectivity index (χ4n) is 0.987. The van der Waals surface area contributed by atoms with E-state index in [0.717, 1.165) is 0 Å². The third kappa shape index (κ3) is 3.46. The molecule has 0 aromatic carbocycles. The molecule has 0 N–H and O–H groups in total. The standard InChI is InChI=1S/C8H16N2O2/c1-4-8(11)7(3)6-10(5-2)9-12/h7H,4-6H2,1-3H3. The van der Waals surface area contributed by atoms with Crippen LogP contribution in [0.1, 0.15) is 27.2 Å². The molecule has 0 radical (unpaired) electrons. The second-order valence-electron chi connectivity index (χ2n) is 2.81. The highest BCUT2D eigenvalue weighted by atomic mass is 16.3. The topological polar surface area (TPSA) is 49.7 Å². The van der Waals surface area contributed by atoms with Crippen LogP contribution < -0.4 is 0 Å². The van der Waals surface area contributed by atoms with Crippen molar-refractivity contribution >= 4 is 5.78 Å². The maximum atomic E-state index is 11.1. The van der Waals surface area contributed by atoms with E-state index >= 15 is 0 Å². The molecule has 70 valence electrons. The van der Waals surface area contributed by atoms with Crippen molar-refractivity contribution in [2.45, 2.75) is 27.2 Å². The molecule has 0 heterocycles. The largest absolute Gasteiger partial charge is 0.299 e. The summed E-state index contributed by atoms with van der Waals surface area (Å²) in [4.78, 5) is 21.3. The third-order valence-electron chi connectivity index (χ3n) is 1.86. The Bertz CT molecular complexity index is 159. The summed E-state index contributed by atoms with van der Waals surface area (Å²) in [5, 5.41) is 4.15. The van der Waals surface area contributed by atoms with Gasteiger partial charge in [-0.3, -0.25) is 9.80 Å². The van der Waals surface area contributed by atoms with Crippen LogP contribution in [0.25, 0.3) is 0 Å². The highest BCUT2D eigenvalue weighted by Crippen LogP contribution is 2.03. The molecular weight excluding hydrogens is 156 g/mol. The molecule has 0 fully saturated rings. The van der Waals surface area contributed by atoms with Crippen molar-refractivity contribution in [1.82, 2.24) is 5.01 Å². The Morgan fingerprint density at radius 2 is 2.08 bits per heavy atom. The van der Waals surface area contributed by atoms with Crippen molar-refractivity contribution in [3.05, 3.63) is 4.91 Å². The molecule has 12 heavy (non-hydrogen) atoms. The van der Waals surface area contributed by atoms with Crippen molar-refractivity contribution in [3.8, 4) is 0 Å². The highest BCUT2D eigenvalue weighted by molar-refractivity contribution is 5.80. The van der Waals surface area contributed by atoms with E-state index in [4.69, 9.17) is 0 Å². The van der Waals surface area contributed by atoms with Gasteiger partial charge in [0, 0.05) is 25.4 Å². The van der Waals surface area contributed by atoms with E-state index in [1.54, 1.807) is 0 Å². The van der Waals surface area contributed by atoms with Crippen LogP contribution in [0.2, 0.25) is 0 Å². The van der Waals surface area contributed by atoms with Crippen LogP contribution in [0.4, 0.5) is 0 Å². The zero-order valence-corrected chi connectivity index (χ0v) is 7.91. The van der Waals surface area contributed by atoms with Gasteiger partial charge in [0.15, 0.2) is 0 Å². The molecule has 0 bridgehead atoms. The number of hydrogen-bond donors (Lipinski definition) is 0. The average Bonchev–Trinajstić information content (AvgIpc) is 2.12. The first-order chi connectivity index (χ1) is 5.65. The predicted molar refractivity (Wildman–Crippen MR) is 47.5 cm³/mol. The van der Waals surface area contributed by atoms with Gasteiger partial charge >= 0.3 is 0 Å². The average molecular weight is 172 g/mol. The molecule has 0 aliphatic rings. The van der Waals surface area contributed by atoms with Crippen molar-refractivity contribution in [2.75, 3.05) is 13.1 Å². The van der Waals surface area contributed by atoms with E-state index in [0.29, 0.717) is 19.5 Å². The van der Waals surface area contributed by atoms with Crippen molar-refractivity contribution in [2.24, 2.45) is 11.2 Å². The molecule has 0 aliphatic heterocycles. The molecule has 0 saturated carbocycles. The van der Waals surface area contributed by atoms with Crippen molar-refractivity contribution in [1.29, 1.82) is 0 Å². The normalized spacial score (nSPS) is 12.2. The summed E-state index contributed by atoms with van der Waals surface area (Å²) in [5.41, 5.74) is 0. The molecule has 4 nitrogen and oxygen atoms in total. The van der Waals surface area contributed by atoms with Gasteiger partial charge < -0.3 is 0 Å². The van der Waals surface area contributed by atoms with Crippen LogP contribution in [0.5, 0.6) is 0 Å². The van der Waals surface area contributed by atoms with Gasteiger partial charge in [-0.2, -0.15) is 0 Å². The summed E-state index contributed by atoms with van der Waals surface area (Å²) in [6.07, 6.45) is 0.525. The number of hydrogen-bond acceptors (Lipinski definition) is 3.